The van der Waals surface area contributed by atoms with Crippen molar-refractivity contribution in [3.05, 3.63) is 23.8 Å². The van der Waals surface area contributed by atoms with Crippen molar-refractivity contribution in [3.63, 3.8) is 0 Å². The maximum atomic E-state index is 11.7. The lowest BCUT2D eigenvalue weighted by molar-refractivity contribution is 0.0377. The highest BCUT2D eigenvalue weighted by atomic mass is 16.5. The molecule has 94 valence electrons. The van der Waals surface area contributed by atoms with E-state index >= 15 is 0 Å². The van der Waals surface area contributed by atoms with Gasteiger partial charge in [0.2, 0.25) is 0 Å². The summed E-state index contributed by atoms with van der Waals surface area (Å²) in [5.74, 6) is 0.796. The highest BCUT2D eigenvalue weighted by Gasteiger charge is 2.13. The summed E-state index contributed by atoms with van der Waals surface area (Å²) >= 11 is 0. The first-order chi connectivity index (χ1) is 8.08. The maximum Gasteiger partial charge on any atom is 0.338 e. The second-order valence-corrected chi connectivity index (χ2v) is 3.75. The molecular weight excluding hydrogens is 220 g/mol. The van der Waals surface area contributed by atoms with E-state index in [4.69, 9.17) is 14.2 Å². The Bertz CT molecular complexity index is 385. The Labute approximate surface area is 101 Å². The minimum absolute atomic E-state index is 0.139. The first-order valence-electron chi connectivity index (χ1n) is 5.60. The van der Waals surface area contributed by atoms with Crippen LogP contribution in [0.25, 0.3) is 0 Å². The summed E-state index contributed by atoms with van der Waals surface area (Å²) in [6.45, 7) is 6.01. The van der Waals surface area contributed by atoms with Crippen LogP contribution < -0.4 is 9.47 Å². The van der Waals surface area contributed by atoms with Gasteiger partial charge in [-0.1, -0.05) is 0 Å². The van der Waals surface area contributed by atoms with Gasteiger partial charge in [0.15, 0.2) is 11.5 Å². The van der Waals surface area contributed by atoms with Crippen LogP contribution in [0.5, 0.6) is 11.5 Å². The Morgan fingerprint density at radius 2 is 2.00 bits per heavy atom. The molecule has 0 spiro atoms. The third-order valence-corrected chi connectivity index (χ3v) is 2.04. The summed E-state index contributed by atoms with van der Waals surface area (Å²) in [4.78, 5) is 11.7. The molecule has 0 bridgehead atoms. The van der Waals surface area contributed by atoms with Gasteiger partial charge in [0.05, 0.1) is 25.4 Å². The molecule has 1 aromatic rings. The largest absolute Gasteiger partial charge is 0.493 e. The number of benzene rings is 1. The average molecular weight is 238 g/mol. The highest BCUT2D eigenvalue weighted by Crippen LogP contribution is 2.28. The van der Waals surface area contributed by atoms with Crippen LogP contribution in [0.15, 0.2) is 18.2 Å². The van der Waals surface area contributed by atoms with Gasteiger partial charge in [-0.15, -0.1) is 0 Å². The third kappa shape index (κ3) is 3.66. The van der Waals surface area contributed by atoms with Gasteiger partial charge in [-0.05, 0) is 39.0 Å². The molecule has 0 heterocycles. The van der Waals surface area contributed by atoms with E-state index in [9.17, 15) is 4.79 Å². The first kappa shape index (κ1) is 13.4. The van der Waals surface area contributed by atoms with E-state index in [2.05, 4.69) is 0 Å². The molecule has 0 atom stereocenters. The number of carbonyl (C=O) groups is 1. The summed E-state index contributed by atoms with van der Waals surface area (Å²) in [6.07, 6.45) is -0.139. The molecule has 0 saturated carbocycles. The van der Waals surface area contributed by atoms with E-state index in [1.807, 2.05) is 20.8 Å². The van der Waals surface area contributed by atoms with Gasteiger partial charge >= 0.3 is 5.97 Å². The smallest absolute Gasteiger partial charge is 0.338 e. The molecule has 4 nitrogen and oxygen atoms in total. The molecule has 0 radical (unpaired) electrons. The van der Waals surface area contributed by atoms with Crippen LogP contribution in [-0.4, -0.2) is 25.8 Å². The fourth-order valence-electron chi connectivity index (χ4n) is 1.35. The first-order valence-corrected chi connectivity index (χ1v) is 5.60. The van der Waals surface area contributed by atoms with E-state index in [1.54, 1.807) is 25.3 Å². The van der Waals surface area contributed by atoms with Gasteiger partial charge in [0, 0.05) is 0 Å². The summed E-state index contributed by atoms with van der Waals surface area (Å²) in [5.41, 5.74) is 0.461. The van der Waals surface area contributed by atoms with Crippen molar-refractivity contribution in [2.24, 2.45) is 0 Å². The van der Waals surface area contributed by atoms with Crippen molar-refractivity contribution in [1.29, 1.82) is 0 Å². The second kappa shape index (κ2) is 6.13. The molecule has 17 heavy (non-hydrogen) atoms. The van der Waals surface area contributed by atoms with Crippen LogP contribution in [0.3, 0.4) is 0 Å². The Morgan fingerprint density at radius 1 is 1.29 bits per heavy atom. The number of hydrogen-bond donors (Lipinski definition) is 0. The molecule has 0 aliphatic heterocycles. The summed E-state index contributed by atoms with van der Waals surface area (Å²) in [7, 11) is 1.56. The van der Waals surface area contributed by atoms with E-state index < -0.39 is 0 Å². The lowest BCUT2D eigenvalue weighted by atomic mass is 10.2. The topological polar surface area (TPSA) is 44.8 Å². The zero-order chi connectivity index (χ0) is 12.8. The molecule has 1 rings (SSSR count). The quantitative estimate of drug-likeness (QED) is 0.740. The molecule has 0 unspecified atom stereocenters. The molecule has 0 aliphatic carbocycles. The molecule has 0 fully saturated rings. The SMILES string of the molecule is CCOc1cc(C(=O)OC(C)C)ccc1OC. The van der Waals surface area contributed by atoms with Gasteiger partial charge in [0.25, 0.3) is 0 Å². The van der Waals surface area contributed by atoms with E-state index in [1.165, 1.54) is 0 Å². The molecule has 0 saturated heterocycles. The predicted molar refractivity (Wildman–Crippen MR) is 64.7 cm³/mol. The monoisotopic (exact) mass is 238 g/mol. The zero-order valence-corrected chi connectivity index (χ0v) is 10.6. The third-order valence-electron chi connectivity index (χ3n) is 2.04. The number of carbonyl (C=O) groups excluding carboxylic acids is 1. The van der Waals surface area contributed by atoms with E-state index in [0.29, 0.717) is 23.7 Å². The fourth-order valence-corrected chi connectivity index (χ4v) is 1.35. The van der Waals surface area contributed by atoms with E-state index in [-0.39, 0.29) is 12.1 Å². The van der Waals surface area contributed by atoms with Crippen LogP contribution in [0, 0.1) is 0 Å². The minimum atomic E-state index is -0.358. The van der Waals surface area contributed by atoms with Gasteiger partial charge in [0.1, 0.15) is 0 Å². The van der Waals surface area contributed by atoms with Crippen molar-refractivity contribution in [2.45, 2.75) is 26.9 Å². The number of ether oxygens (including phenoxy) is 3. The van der Waals surface area contributed by atoms with Crippen molar-refractivity contribution >= 4 is 5.97 Å². The molecule has 0 N–H and O–H groups in total. The lowest BCUT2D eigenvalue weighted by Gasteiger charge is -2.12. The molecule has 1 aromatic carbocycles. The van der Waals surface area contributed by atoms with Gasteiger partial charge < -0.3 is 14.2 Å². The van der Waals surface area contributed by atoms with Crippen LogP contribution in [0.1, 0.15) is 31.1 Å². The molecule has 0 aromatic heterocycles. The van der Waals surface area contributed by atoms with Crippen LogP contribution in [0.4, 0.5) is 0 Å². The van der Waals surface area contributed by atoms with Crippen LogP contribution in [0.2, 0.25) is 0 Å². The Morgan fingerprint density at radius 3 is 2.53 bits per heavy atom. The minimum Gasteiger partial charge on any atom is -0.493 e. The van der Waals surface area contributed by atoms with Crippen LogP contribution >= 0.6 is 0 Å². The lowest BCUT2D eigenvalue weighted by Crippen LogP contribution is -2.11. The number of methoxy groups -OCH3 is 1. The molecule has 0 amide bonds. The van der Waals surface area contributed by atoms with Crippen molar-refractivity contribution < 1.29 is 19.0 Å². The van der Waals surface area contributed by atoms with E-state index in [0.717, 1.165) is 0 Å². The number of rotatable bonds is 5. The molecule has 0 aliphatic rings. The van der Waals surface area contributed by atoms with Gasteiger partial charge in [-0.2, -0.15) is 0 Å². The maximum absolute atomic E-state index is 11.7. The Hall–Kier alpha value is -1.71. The Balaban J connectivity index is 2.94. The number of hydrogen-bond acceptors (Lipinski definition) is 4. The summed E-state index contributed by atoms with van der Waals surface area (Å²) in [6, 6.07) is 4.99. The summed E-state index contributed by atoms with van der Waals surface area (Å²) < 4.78 is 15.6. The molecular formula is C13H18O4. The molecule has 4 heteroatoms. The van der Waals surface area contributed by atoms with Gasteiger partial charge in [-0.3, -0.25) is 0 Å². The van der Waals surface area contributed by atoms with Crippen LogP contribution in [-0.2, 0) is 4.74 Å². The van der Waals surface area contributed by atoms with Gasteiger partial charge in [-0.25, -0.2) is 4.79 Å². The predicted octanol–water partition coefficient (Wildman–Crippen LogP) is 2.66. The van der Waals surface area contributed by atoms with Crippen molar-refractivity contribution in [3.8, 4) is 11.5 Å². The summed E-state index contributed by atoms with van der Waals surface area (Å²) in [5, 5.41) is 0. The second-order valence-electron chi connectivity index (χ2n) is 3.75. The fraction of sp³-hybridized carbons (Fsp3) is 0.462. The number of esters is 1. The van der Waals surface area contributed by atoms with Crippen molar-refractivity contribution in [1.82, 2.24) is 0 Å². The highest BCUT2D eigenvalue weighted by molar-refractivity contribution is 5.90. The Kier molecular flexibility index (Phi) is 4.82. The zero-order valence-electron chi connectivity index (χ0n) is 10.6. The average Bonchev–Trinajstić information content (AvgIpc) is 2.28. The standard InChI is InChI=1S/C13H18O4/c1-5-16-12-8-10(6-7-11(12)15-4)13(14)17-9(2)3/h6-9H,5H2,1-4H3. The van der Waals surface area contributed by atoms with Crippen molar-refractivity contribution in [2.75, 3.05) is 13.7 Å². The normalized spacial score (nSPS) is 10.2.